The molecule has 1 heterocycles. The molecule has 1 aliphatic carbocycles. The van der Waals surface area contributed by atoms with Gasteiger partial charge in [-0.2, -0.15) is 0 Å². The first kappa shape index (κ1) is 19.5. The van der Waals surface area contributed by atoms with Crippen molar-refractivity contribution in [1.29, 1.82) is 0 Å². The first-order valence-electron chi connectivity index (χ1n) is 9.76. The highest BCUT2D eigenvalue weighted by Crippen LogP contribution is 2.52. The van der Waals surface area contributed by atoms with Crippen molar-refractivity contribution >= 4 is 29.1 Å². The Kier molecular flexibility index (Phi) is 5.29. The summed E-state index contributed by atoms with van der Waals surface area (Å²) < 4.78 is 5.51. The molecule has 1 saturated heterocycles. The number of carbonyl (C=O) groups excluding carboxylic acids is 2. The van der Waals surface area contributed by atoms with Crippen molar-refractivity contribution in [2.45, 2.75) is 25.7 Å². The fourth-order valence-electron chi connectivity index (χ4n) is 4.24. The van der Waals surface area contributed by atoms with Gasteiger partial charge in [-0.25, -0.2) is 0 Å². The number of carbonyl (C=O) groups is 2. The maximum atomic E-state index is 13.3. The van der Waals surface area contributed by atoms with Crippen LogP contribution >= 0.6 is 11.6 Å². The summed E-state index contributed by atoms with van der Waals surface area (Å²) in [5.74, 6) is -0.676. The average molecular weight is 408 g/mol. The number of esters is 1. The normalized spacial score (nSPS) is 23.4. The van der Waals surface area contributed by atoms with E-state index in [-0.39, 0.29) is 30.8 Å². The largest absolute Gasteiger partial charge is 0.465 e. The molecule has 5 heteroatoms. The van der Waals surface area contributed by atoms with E-state index in [0.717, 1.165) is 16.7 Å². The third-order valence-electron chi connectivity index (χ3n) is 5.65. The zero-order valence-corrected chi connectivity index (χ0v) is 16.9. The van der Waals surface area contributed by atoms with Crippen molar-refractivity contribution in [3.63, 3.8) is 0 Å². The standard InChI is InChI=1S/C24H22ClNO3/c1-2-29-23(28)24-13-12-22(27)26-21(24)15-18(16-6-4-3-5-7-16)14-20(24)17-8-10-19(25)11-9-17/h3-11,14-15,20H,2,12-13H2,1H3,(H,26,27). The van der Waals surface area contributed by atoms with Gasteiger partial charge in [0.05, 0.1) is 6.61 Å². The van der Waals surface area contributed by atoms with Gasteiger partial charge < -0.3 is 10.1 Å². The molecule has 0 radical (unpaired) electrons. The molecule has 148 valence electrons. The van der Waals surface area contributed by atoms with Crippen LogP contribution in [-0.4, -0.2) is 18.5 Å². The first-order valence-corrected chi connectivity index (χ1v) is 10.1. The lowest BCUT2D eigenvalue weighted by Crippen LogP contribution is -2.50. The highest BCUT2D eigenvalue weighted by Gasteiger charge is 2.54. The van der Waals surface area contributed by atoms with Crippen molar-refractivity contribution in [2.75, 3.05) is 6.61 Å². The molecule has 1 N–H and O–H groups in total. The number of ether oxygens (including phenoxy) is 1. The van der Waals surface area contributed by atoms with E-state index >= 15 is 0 Å². The lowest BCUT2D eigenvalue weighted by atomic mass is 9.62. The van der Waals surface area contributed by atoms with E-state index in [1.165, 1.54) is 0 Å². The van der Waals surface area contributed by atoms with Crippen LogP contribution in [0.25, 0.3) is 5.57 Å². The van der Waals surface area contributed by atoms with Gasteiger partial charge in [-0.3, -0.25) is 9.59 Å². The third-order valence-corrected chi connectivity index (χ3v) is 5.91. The Hall–Kier alpha value is -2.85. The number of rotatable bonds is 4. The number of benzene rings is 2. The zero-order chi connectivity index (χ0) is 20.4. The summed E-state index contributed by atoms with van der Waals surface area (Å²) in [4.78, 5) is 25.5. The van der Waals surface area contributed by atoms with E-state index in [1.54, 1.807) is 6.92 Å². The maximum Gasteiger partial charge on any atom is 0.319 e. The second-order valence-corrected chi connectivity index (χ2v) is 7.75. The average Bonchev–Trinajstić information content (AvgIpc) is 2.74. The van der Waals surface area contributed by atoms with Crippen LogP contribution in [0.2, 0.25) is 5.02 Å². The molecule has 0 aromatic heterocycles. The molecule has 1 aliphatic heterocycles. The fourth-order valence-corrected chi connectivity index (χ4v) is 4.37. The number of hydrogen-bond donors (Lipinski definition) is 1. The highest BCUT2D eigenvalue weighted by atomic mass is 35.5. The molecule has 1 amide bonds. The Morgan fingerprint density at radius 1 is 1.17 bits per heavy atom. The molecule has 1 fully saturated rings. The summed E-state index contributed by atoms with van der Waals surface area (Å²) in [6.45, 7) is 2.08. The Morgan fingerprint density at radius 3 is 2.59 bits per heavy atom. The monoisotopic (exact) mass is 407 g/mol. The van der Waals surface area contributed by atoms with E-state index < -0.39 is 5.41 Å². The van der Waals surface area contributed by atoms with Crippen LogP contribution in [0.15, 0.2) is 72.4 Å². The van der Waals surface area contributed by atoms with Crippen LogP contribution in [0, 0.1) is 5.41 Å². The SMILES string of the molecule is CCOC(=O)C12CCC(=O)NC1=CC(c1ccccc1)=CC2c1ccc(Cl)cc1. The first-order chi connectivity index (χ1) is 14.0. The minimum absolute atomic E-state index is 0.0830. The lowest BCUT2D eigenvalue weighted by Gasteiger charge is -2.44. The molecule has 4 rings (SSSR count). The van der Waals surface area contributed by atoms with Crippen LogP contribution in [0.5, 0.6) is 0 Å². The van der Waals surface area contributed by atoms with Gasteiger partial charge in [0.2, 0.25) is 5.91 Å². The topological polar surface area (TPSA) is 55.4 Å². The molecule has 2 unspecified atom stereocenters. The number of fused-ring (bicyclic) bond motifs is 1. The van der Waals surface area contributed by atoms with Crippen molar-refractivity contribution in [3.8, 4) is 0 Å². The number of piperidine rings is 1. The van der Waals surface area contributed by atoms with E-state index in [4.69, 9.17) is 16.3 Å². The molecule has 2 aromatic carbocycles. The van der Waals surface area contributed by atoms with E-state index in [1.807, 2.05) is 60.7 Å². The minimum Gasteiger partial charge on any atom is -0.465 e. The summed E-state index contributed by atoms with van der Waals surface area (Å²) in [7, 11) is 0. The molecule has 4 nitrogen and oxygen atoms in total. The van der Waals surface area contributed by atoms with E-state index in [0.29, 0.717) is 17.1 Å². The Morgan fingerprint density at radius 2 is 1.90 bits per heavy atom. The molecule has 2 aromatic rings. The Balaban J connectivity index is 1.91. The van der Waals surface area contributed by atoms with Gasteiger partial charge in [0.1, 0.15) is 5.41 Å². The maximum absolute atomic E-state index is 13.3. The van der Waals surface area contributed by atoms with Crippen molar-refractivity contribution in [3.05, 3.63) is 88.6 Å². The van der Waals surface area contributed by atoms with Crippen LogP contribution in [0.1, 0.15) is 36.8 Å². The lowest BCUT2D eigenvalue weighted by molar-refractivity contribution is -0.156. The summed E-state index contributed by atoms with van der Waals surface area (Å²) in [5, 5.41) is 3.60. The Labute approximate surface area is 175 Å². The van der Waals surface area contributed by atoms with Gasteiger partial charge in [0, 0.05) is 23.1 Å². The van der Waals surface area contributed by atoms with E-state index in [9.17, 15) is 9.59 Å². The number of halogens is 1. The van der Waals surface area contributed by atoms with E-state index in [2.05, 4.69) is 11.4 Å². The molecule has 0 saturated carbocycles. The number of nitrogens with one attached hydrogen (secondary N) is 1. The van der Waals surface area contributed by atoms with Crippen molar-refractivity contribution in [1.82, 2.24) is 5.32 Å². The van der Waals surface area contributed by atoms with Gasteiger partial charge >= 0.3 is 5.97 Å². The minimum atomic E-state index is -0.962. The number of hydrogen-bond acceptors (Lipinski definition) is 3. The highest BCUT2D eigenvalue weighted by molar-refractivity contribution is 6.30. The number of amides is 1. The molecule has 29 heavy (non-hydrogen) atoms. The van der Waals surface area contributed by atoms with Crippen molar-refractivity contribution in [2.24, 2.45) is 5.41 Å². The van der Waals surface area contributed by atoms with Crippen LogP contribution in [0.4, 0.5) is 0 Å². The molecule has 0 spiro atoms. The third kappa shape index (κ3) is 3.49. The second kappa shape index (κ2) is 7.88. The molecule has 0 bridgehead atoms. The van der Waals surface area contributed by atoms with Crippen LogP contribution < -0.4 is 5.32 Å². The van der Waals surface area contributed by atoms with Gasteiger partial charge in [-0.05, 0) is 48.3 Å². The van der Waals surface area contributed by atoms with Gasteiger partial charge in [-0.1, -0.05) is 60.1 Å². The molecular formula is C24H22ClNO3. The second-order valence-electron chi connectivity index (χ2n) is 7.32. The molecule has 2 atom stereocenters. The summed E-state index contributed by atoms with van der Waals surface area (Å²) in [6, 6.07) is 17.5. The summed E-state index contributed by atoms with van der Waals surface area (Å²) in [6.07, 6.45) is 4.69. The predicted octanol–water partition coefficient (Wildman–Crippen LogP) is 4.86. The summed E-state index contributed by atoms with van der Waals surface area (Å²) >= 11 is 6.10. The van der Waals surface area contributed by atoms with Crippen LogP contribution in [-0.2, 0) is 14.3 Å². The van der Waals surface area contributed by atoms with Gasteiger partial charge in [-0.15, -0.1) is 0 Å². The Bertz CT molecular complexity index is 995. The van der Waals surface area contributed by atoms with Gasteiger partial charge in [0.15, 0.2) is 0 Å². The smallest absolute Gasteiger partial charge is 0.319 e. The number of allylic oxidation sites excluding steroid dienone is 3. The molecular weight excluding hydrogens is 386 g/mol. The fraction of sp³-hybridized carbons (Fsp3) is 0.250. The predicted molar refractivity (Wildman–Crippen MR) is 113 cm³/mol. The van der Waals surface area contributed by atoms with Gasteiger partial charge in [0.25, 0.3) is 0 Å². The zero-order valence-electron chi connectivity index (χ0n) is 16.2. The summed E-state index contributed by atoms with van der Waals surface area (Å²) in [5.41, 5.74) is 2.58. The van der Waals surface area contributed by atoms with Crippen LogP contribution in [0.3, 0.4) is 0 Å². The van der Waals surface area contributed by atoms with Crippen molar-refractivity contribution < 1.29 is 14.3 Å². The molecule has 2 aliphatic rings. The quantitative estimate of drug-likeness (QED) is 0.736.